The lowest BCUT2D eigenvalue weighted by Crippen LogP contribution is -2.28. The van der Waals surface area contributed by atoms with Crippen LogP contribution >= 0.6 is 0 Å². The first kappa shape index (κ1) is 63.9. The summed E-state index contributed by atoms with van der Waals surface area (Å²) < 4.78 is 10.6. The van der Waals surface area contributed by atoms with Crippen molar-refractivity contribution in [3.8, 4) is 0 Å². The fourth-order valence-electron chi connectivity index (χ4n) is 8.79. The second-order valence-electron chi connectivity index (χ2n) is 19.7. The smallest absolute Gasteiger partial charge is 0.306 e. The van der Waals surface area contributed by atoms with Gasteiger partial charge in [-0.05, 0) is 51.4 Å². The summed E-state index contributed by atoms with van der Waals surface area (Å²) in [5, 5.41) is 9.61. The highest BCUT2D eigenvalue weighted by atomic mass is 16.6. The third-order valence-corrected chi connectivity index (χ3v) is 13.1. The van der Waals surface area contributed by atoms with E-state index in [2.05, 4.69) is 62.5 Å². The van der Waals surface area contributed by atoms with Crippen LogP contribution in [0.3, 0.4) is 0 Å². The minimum Gasteiger partial charge on any atom is -0.462 e. The Morgan fingerprint density at radius 2 is 0.652 bits per heavy atom. The van der Waals surface area contributed by atoms with Gasteiger partial charge in [-0.3, -0.25) is 9.59 Å². The molecule has 5 heteroatoms. The second kappa shape index (κ2) is 57.2. The Labute approximate surface area is 411 Å². The van der Waals surface area contributed by atoms with E-state index < -0.39 is 6.10 Å². The van der Waals surface area contributed by atoms with Crippen molar-refractivity contribution in [1.82, 2.24) is 0 Å². The summed E-state index contributed by atoms with van der Waals surface area (Å²) in [6.07, 6.45) is 75.6. The number of hydrogen-bond donors (Lipinski definition) is 1. The Morgan fingerprint density at radius 3 is 0.985 bits per heavy atom. The summed E-state index contributed by atoms with van der Waals surface area (Å²) in [5.41, 5.74) is 0. The lowest BCUT2D eigenvalue weighted by molar-refractivity contribution is -0.161. The van der Waals surface area contributed by atoms with Gasteiger partial charge >= 0.3 is 11.9 Å². The molecule has 1 N–H and O–H groups in total. The minimum atomic E-state index is -0.793. The number of ether oxygens (including phenoxy) is 2. The first-order valence-electron chi connectivity index (χ1n) is 29.2. The first-order chi connectivity index (χ1) is 32.6. The summed E-state index contributed by atoms with van der Waals surface area (Å²) in [7, 11) is 0. The molecule has 0 aromatic carbocycles. The number of rotatable bonds is 54. The Kier molecular flexibility index (Phi) is 55.3. The average Bonchev–Trinajstić information content (AvgIpc) is 3.32. The number of aliphatic hydroxyl groups is 1. The van der Waals surface area contributed by atoms with Gasteiger partial charge in [0.05, 0.1) is 6.61 Å². The molecule has 1 unspecified atom stereocenters. The third-order valence-electron chi connectivity index (χ3n) is 13.1. The molecule has 0 amide bonds. The van der Waals surface area contributed by atoms with Crippen LogP contribution in [0.4, 0.5) is 0 Å². The average molecular weight is 926 g/mol. The molecule has 0 rings (SSSR count). The molecule has 0 aromatic rings. The van der Waals surface area contributed by atoms with Crippen LogP contribution in [-0.4, -0.2) is 36.4 Å². The van der Waals surface area contributed by atoms with Gasteiger partial charge < -0.3 is 14.6 Å². The van der Waals surface area contributed by atoms with E-state index in [1.807, 2.05) is 0 Å². The standard InChI is InChI=1S/C61H112O5/c1-3-5-7-9-11-13-15-17-19-20-21-22-23-24-25-26-27-28-29-30-31-32-33-34-35-36-37-38-39-40-42-43-45-47-49-51-53-55-60(63)65-58-59(57-62)66-61(64)56-54-52-50-48-46-44-41-18-16-14-12-10-8-6-4-2/h6,8,12,14,18,41,46,48,59,62H,3-5,7,9-11,13,15-17,19-40,42-45,47,49-58H2,1-2H3/b8-6-,14-12-,41-18-,48-46-. The Bertz CT molecular complexity index is 1090. The van der Waals surface area contributed by atoms with Crippen molar-refractivity contribution < 1.29 is 24.2 Å². The fourth-order valence-corrected chi connectivity index (χ4v) is 8.79. The lowest BCUT2D eigenvalue weighted by Gasteiger charge is -2.15. The van der Waals surface area contributed by atoms with Crippen LogP contribution in [0.15, 0.2) is 48.6 Å². The van der Waals surface area contributed by atoms with E-state index in [-0.39, 0.29) is 25.2 Å². The molecule has 0 saturated carbocycles. The van der Waals surface area contributed by atoms with Crippen molar-refractivity contribution in [1.29, 1.82) is 0 Å². The summed E-state index contributed by atoms with van der Waals surface area (Å²) in [6, 6.07) is 0. The van der Waals surface area contributed by atoms with Gasteiger partial charge in [0, 0.05) is 12.8 Å². The van der Waals surface area contributed by atoms with Gasteiger partial charge in [-0.1, -0.05) is 294 Å². The predicted octanol–water partition coefficient (Wildman–Crippen LogP) is 19.6. The number of carbonyl (C=O) groups is 2. The fraction of sp³-hybridized carbons (Fsp3) is 0.836. The maximum absolute atomic E-state index is 12.2. The van der Waals surface area contributed by atoms with Crippen molar-refractivity contribution in [2.75, 3.05) is 13.2 Å². The van der Waals surface area contributed by atoms with Gasteiger partial charge in [0.15, 0.2) is 6.10 Å². The molecule has 386 valence electrons. The maximum Gasteiger partial charge on any atom is 0.306 e. The zero-order valence-corrected chi connectivity index (χ0v) is 44.2. The van der Waals surface area contributed by atoms with E-state index in [1.54, 1.807) is 0 Å². The van der Waals surface area contributed by atoms with E-state index in [0.717, 1.165) is 64.2 Å². The Hall–Kier alpha value is -2.14. The van der Waals surface area contributed by atoms with Gasteiger partial charge in [0.1, 0.15) is 6.61 Å². The van der Waals surface area contributed by atoms with Crippen LogP contribution in [0.2, 0.25) is 0 Å². The van der Waals surface area contributed by atoms with Crippen LogP contribution < -0.4 is 0 Å². The van der Waals surface area contributed by atoms with Crippen molar-refractivity contribution in [2.24, 2.45) is 0 Å². The molecule has 0 saturated heterocycles. The second-order valence-corrected chi connectivity index (χ2v) is 19.7. The number of unbranched alkanes of at least 4 members (excludes halogenated alkanes) is 38. The highest BCUT2D eigenvalue weighted by Crippen LogP contribution is 2.18. The molecule has 0 aliphatic carbocycles. The van der Waals surface area contributed by atoms with Gasteiger partial charge in [-0.15, -0.1) is 0 Å². The summed E-state index contributed by atoms with van der Waals surface area (Å²) in [5.74, 6) is -0.629. The molecule has 0 fully saturated rings. The molecular weight excluding hydrogens is 813 g/mol. The van der Waals surface area contributed by atoms with Crippen LogP contribution in [0.1, 0.15) is 309 Å². The van der Waals surface area contributed by atoms with E-state index in [9.17, 15) is 14.7 Å². The van der Waals surface area contributed by atoms with E-state index in [1.165, 1.54) is 218 Å². The molecule has 5 nitrogen and oxygen atoms in total. The van der Waals surface area contributed by atoms with Crippen molar-refractivity contribution in [3.05, 3.63) is 48.6 Å². The van der Waals surface area contributed by atoms with Gasteiger partial charge in [0.2, 0.25) is 0 Å². The first-order valence-corrected chi connectivity index (χ1v) is 29.2. The molecule has 0 aliphatic heterocycles. The summed E-state index contributed by atoms with van der Waals surface area (Å²) in [4.78, 5) is 24.4. The maximum atomic E-state index is 12.2. The number of hydrogen-bond acceptors (Lipinski definition) is 5. The third kappa shape index (κ3) is 54.5. The van der Waals surface area contributed by atoms with E-state index in [4.69, 9.17) is 9.47 Å². The highest BCUT2D eigenvalue weighted by Gasteiger charge is 2.16. The predicted molar refractivity (Wildman–Crippen MR) is 288 cm³/mol. The largest absolute Gasteiger partial charge is 0.462 e. The van der Waals surface area contributed by atoms with Crippen LogP contribution in [0, 0.1) is 0 Å². The number of allylic oxidation sites excluding steroid dienone is 8. The number of esters is 2. The van der Waals surface area contributed by atoms with Crippen LogP contribution in [0.25, 0.3) is 0 Å². The number of aliphatic hydroxyl groups excluding tert-OH is 1. The molecular formula is C61H112O5. The molecule has 0 spiro atoms. The molecule has 0 aliphatic rings. The van der Waals surface area contributed by atoms with E-state index >= 15 is 0 Å². The van der Waals surface area contributed by atoms with Gasteiger partial charge in [-0.25, -0.2) is 0 Å². The van der Waals surface area contributed by atoms with Gasteiger partial charge in [0.25, 0.3) is 0 Å². The lowest BCUT2D eigenvalue weighted by atomic mass is 10.0. The van der Waals surface area contributed by atoms with Crippen molar-refractivity contribution >= 4 is 11.9 Å². The molecule has 0 heterocycles. The summed E-state index contributed by atoms with van der Waals surface area (Å²) >= 11 is 0. The monoisotopic (exact) mass is 925 g/mol. The minimum absolute atomic E-state index is 0.0806. The van der Waals surface area contributed by atoms with Crippen molar-refractivity contribution in [2.45, 2.75) is 315 Å². The zero-order chi connectivity index (χ0) is 47.7. The molecule has 0 radical (unpaired) electrons. The quantitative estimate of drug-likeness (QED) is 0.0374. The zero-order valence-electron chi connectivity index (χ0n) is 44.2. The molecule has 1 atom stereocenters. The van der Waals surface area contributed by atoms with Gasteiger partial charge in [-0.2, -0.15) is 0 Å². The topological polar surface area (TPSA) is 72.8 Å². The highest BCUT2D eigenvalue weighted by molar-refractivity contribution is 5.70. The number of carbonyl (C=O) groups excluding carboxylic acids is 2. The SMILES string of the molecule is CC/C=C\C/C=C\C/C=C\C/C=C\CCCCC(=O)OC(CO)COC(=O)CCCCCCCCCCCCCCCCCCCCCCCCCCCCCCCCCCCCCCC. The normalized spacial score (nSPS) is 12.5. The van der Waals surface area contributed by atoms with Crippen LogP contribution in [0.5, 0.6) is 0 Å². The Balaban J connectivity index is 3.38. The van der Waals surface area contributed by atoms with Crippen LogP contribution in [-0.2, 0) is 19.1 Å². The molecule has 0 bridgehead atoms. The van der Waals surface area contributed by atoms with E-state index in [0.29, 0.717) is 12.8 Å². The molecule has 66 heavy (non-hydrogen) atoms. The molecule has 0 aromatic heterocycles. The Morgan fingerprint density at radius 1 is 0.364 bits per heavy atom. The van der Waals surface area contributed by atoms with Crippen molar-refractivity contribution in [3.63, 3.8) is 0 Å². The summed E-state index contributed by atoms with van der Waals surface area (Å²) in [6.45, 7) is 4.02.